The molecule has 2 aromatic rings. The molecule has 2 atom stereocenters. The molecular weight excluding hydrogens is 369 g/mol. The van der Waals surface area contributed by atoms with Crippen molar-refractivity contribution in [2.24, 2.45) is 0 Å². The minimum absolute atomic E-state index is 0.167. The van der Waals surface area contributed by atoms with Crippen molar-refractivity contribution >= 4 is 11.7 Å². The van der Waals surface area contributed by atoms with E-state index in [1.165, 1.54) is 18.6 Å². The fraction of sp³-hybridized carbons (Fsp3) is 0.435. The Bertz CT molecular complexity index is 828. The molecule has 0 unspecified atom stereocenters. The van der Waals surface area contributed by atoms with Crippen molar-refractivity contribution in [3.63, 3.8) is 0 Å². The fourth-order valence-electron chi connectivity index (χ4n) is 4.71. The highest BCUT2D eigenvalue weighted by atomic mass is 19.1. The highest BCUT2D eigenvalue weighted by molar-refractivity contribution is 5.89. The lowest BCUT2D eigenvalue weighted by Crippen LogP contribution is -2.56. The number of carbonyl (C=O) groups excluding carboxylic acids is 1. The predicted octanol–water partition coefficient (Wildman–Crippen LogP) is 4.54. The third-order valence-corrected chi connectivity index (χ3v) is 6.07. The van der Waals surface area contributed by atoms with Crippen LogP contribution in [-0.4, -0.2) is 36.2 Å². The van der Waals surface area contributed by atoms with E-state index in [-0.39, 0.29) is 17.9 Å². The van der Waals surface area contributed by atoms with E-state index >= 15 is 0 Å². The van der Waals surface area contributed by atoms with Gasteiger partial charge in [0.25, 0.3) is 0 Å². The van der Waals surface area contributed by atoms with Crippen LogP contribution in [0.15, 0.2) is 48.5 Å². The Kier molecular flexibility index (Phi) is 6.00. The average molecular weight is 397 g/mol. The number of carbonyl (C=O) groups is 1. The standard InChI is InChI=1S/C23H28FN3O2/c1-29-22-7-2-4-18(14-22)25-23(28)26-19-12-20-5-3-6-21(13-19)27(20)15-16-8-10-17(24)11-9-16/h2,4,7-11,14,19-21H,3,5-6,12-13,15H2,1H3,(H2,25,26,28)/t20-,21-/m0/s1. The van der Waals surface area contributed by atoms with Crippen molar-refractivity contribution in [1.82, 2.24) is 10.2 Å². The van der Waals surface area contributed by atoms with Crippen LogP contribution in [-0.2, 0) is 6.54 Å². The van der Waals surface area contributed by atoms with E-state index in [0.29, 0.717) is 17.8 Å². The molecule has 0 radical (unpaired) electrons. The summed E-state index contributed by atoms with van der Waals surface area (Å²) in [5, 5.41) is 6.06. The molecule has 2 bridgehead atoms. The zero-order valence-corrected chi connectivity index (χ0v) is 16.7. The molecule has 4 rings (SSSR count). The number of rotatable bonds is 5. The number of nitrogens with zero attached hydrogens (tertiary/aromatic N) is 1. The van der Waals surface area contributed by atoms with Gasteiger partial charge in [0.1, 0.15) is 11.6 Å². The molecular formula is C23H28FN3O2. The molecule has 2 aliphatic heterocycles. The van der Waals surface area contributed by atoms with E-state index in [1.54, 1.807) is 13.2 Å². The van der Waals surface area contributed by atoms with Gasteiger partial charge in [-0.1, -0.05) is 24.6 Å². The van der Waals surface area contributed by atoms with Gasteiger partial charge in [-0.25, -0.2) is 9.18 Å². The lowest BCUT2D eigenvalue weighted by atomic mass is 9.81. The van der Waals surface area contributed by atoms with Crippen LogP contribution in [0.4, 0.5) is 14.9 Å². The number of fused-ring (bicyclic) bond motifs is 2. The summed E-state index contributed by atoms with van der Waals surface area (Å²) in [6, 6.07) is 15.1. The lowest BCUT2D eigenvalue weighted by Gasteiger charge is -2.49. The van der Waals surface area contributed by atoms with Gasteiger partial charge in [0.2, 0.25) is 0 Å². The number of piperidine rings is 2. The van der Waals surface area contributed by atoms with E-state index < -0.39 is 0 Å². The van der Waals surface area contributed by atoms with E-state index in [9.17, 15) is 9.18 Å². The van der Waals surface area contributed by atoms with Gasteiger partial charge in [0.15, 0.2) is 0 Å². The van der Waals surface area contributed by atoms with Crippen molar-refractivity contribution in [3.05, 3.63) is 59.9 Å². The van der Waals surface area contributed by atoms with Crippen LogP contribution in [0.25, 0.3) is 0 Å². The summed E-state index contributed by atoms with van der Waals surface area (Å²) in [6.07, 6.45) is 5.42. The maximum atomic E-state index is 13.2. The Balaban J connectivity index is 1.35. The van der Waals surface area contributed by atoms with Gasteiger partial charge in [0.05, 0.1) is 7.11 Å². The molecule has 0 spiro atoms. The number of hydrogen-bond acceptors (Lipinski definition) is 3. The minimum Gasteiger partial charge on any atom is -0.497 e. The first-order valence-corrected chi connectivity index (χ1v) is 10.3. The number of amides is 2. The van der Waals surface area contributed by atoms with Crippen LogP contribution >= 0.6 is 0 Å². The second-order valence-electron chi connectivity index (χ2n) is 8.04. The third kappa shape index (κ3) is 4.88. The summed E-state index contributed by atoms with van der Waals surface area (Å²) in [4.78, 5) is 15.0. The van der Waals surface area contributed by atoms with E-state index in [4.69, 9.17) is 4.74 Å². The zero-order valence-electron chi connectivity index (χ0n) is 16.7. The molecule has 2 amide bonds. The quantitative estimate of drug-likeness (QED) is 0.779. The maximum Gasteiger partial charge on any atom is 0.319 e. The van der Waals surface area contributed by atoms with Crippen LogP contribution in [0.3, 0.4) is 0 Å². The molecule has 2 N–H and O–H groups in total. The molecule has 29 heavy (non-hydrogen) atoms. The first-order valence-electron chi connectivity index (χ1n) is 10.3. The van der Waals surface area contributed by atoms with Crippen molar-refractivity contribution in [2.45, 2.75) is 56.8 Å². The van der Waals surface area contributed by atoms with Gasteiger partial charge in [-0.2, -0.15) is 0 Å². The highest BCUT2D eigenvalue weighted by Gasteiger charge is 2.38. The average Bonchev–Trinajstić information content (AvgIpc) is 2.70. The third-order valence-electron chi connectivity index (χ3n) is 6.07. The summed E-state index contributed by atoms with van der Waals surface area (Å²) < 4.78 is 18.4. The molecule has 2 fully saturated rings. The Hall–Kier alpha value is -2.60. The van der Waals surface area contributed by atoms with Crippen LogP contribution < -0.4 is 15.4 Å². The summed E-state index contributed by atoms with van der Waals surface area (Å²) in [5.41, 5.74) is 1.86. The normalized spacial score (nSPS) is 24.0. The number of halogens is 1. The van der Waals surface area contributed by atoms with Crippen LogP contribution in [0.5, 0.6) is 5.75 Å². The van der Waals surface area contributed by atoms with Gasteiger partial charge in [-0.05, 0) is 55.5 Å². The van der Waals surface area contributed by atoms with Gasteiger partial charge in [-0.15, -0.1) is 0 Å². The summed E-state index contributed by atoms with van der Waals surface area (Å²) in [7, 11) is 1.61. The minimum atomic E-state index is -0.195. The largest absolute Gasteiger partial charge is 0.497 e. The van der Waals surface area contributed by atoms with E-state index in [0.717, 1.165) is 43.5 Å². The zero-order chi connectivity index (χ0) is 20.2. The number of benzene rings is 2. The molecule has 2 saturated heterocycles. The SMILES string of the molecule is COc1cccc(NC(=O)NC2C[C@@H]3CCC[C@@H](C2)N3Cc2ccc(F)cc2)c1. The highest BCUT2D eigenvalue weighted by Crippen LogP contribution is 2.35. The lowest BCUT2D eigenvalue weighted by molar-refractivity contribution is 0.0200. The predicted molar refractivity (Wildman–Crippen MR) is 112 cm³/mol. The smallest absolute Gasteiger partial charge is 0.319 e. The Morgan fingerprint density at radius 3 is 2.55 bits per heavy atom. The van der Waals surface area contributed by atoms with E-state index in [1.807, 2.05) is 30.3 Å². The molecule has 0 saturated carbocycles. The van der Waals surface area contributed by atoms with Crippen LogP contribution in [0.1, 0.15) is 37.7 Å². The molecule has 2 aromatic carbocycles. The first kappa shape index (κ1) is 19.7. The monoisotopic (exact) mass is 397 g/mol. The van der Waals surface area contributed by atoms with Crippen LogP contribution in [0, 0.1) is 5.82 Å². The second-order valence-corrected chi connectivity index (χ2v) is 8.04. The van der Waals surface area contributed by atoms with Gasteiger partial charge >= 0.3 is 6.03 Å². The Labute approximate surface area is 171 Å². The van der Waals surface area contributed by atoms with Crippen molar-refractivity contribution in [3.8, 4) is 5.75 Å². The van der Waals surface area contributed by atoms with Crippen LogP contribution in [0.2, 0.25) is 0 Å². The van der Waals surface area contributed by atoms with Crippen molar-refractivity contribution < 1.29 is 13.9 Å². The van der Waals surface area contributed by atoms with Crippen molar-refractivity contribution in [1.29, 1.82) is 0 Å². The number of urea groups is 1. The molecule has 154 valence electrons. The Morgan fingerprint density at radius 1 is 1.14 bits per heavy atom. The Morgan fingerprint density at radius 2 is 1.86 bits per heavy atom. The maximum absolute atomic E-state index is 13.2. The molecule has 0 aromatic heterocycles. The molecule has 6 heteroatoms. The van der Waals surface area contributed by atoms with Gasteiger partial charge in [-0.3, -0.25) is 4.90 Å². The van der Waals surface area contributed by atoms with Crippen molar-refractivity contribution in [2.75, 3.05) is 12.4 Å². The molecule has 5 nitrogen and oxygen atoms in total. The fourth-order valence-corrected chi connectivity index (χ4v) is 4.71. The molecule has 2 aliphatic rings. The summed E-state index contributed by atoms with van der Waals surface area (Å²) in [5.74, 6) is 0.519. The number of ether oxygens (including phenoxy) is 1. The number of hydrogen-bond donors (Lipinski definition) is 2. The molecule has 0 aliphatic carbocycles. The summed E-state index contributed by atoms with van der Waals surface area (Å²) >= 11 is 0. The van der Waals surface area contributed by atoms with E-state index in [2.05, 4.69) is 15.5 Å². The second kappa shape index (κ2) is 8.82. The summed E-state index contributed by atoms with van der Waals surface area (Å²) in [6.45, 7) is 0.846. The van der Waals surface area contributed by atoms with Gasteiger partial charge in [0, 0.05) is 36.4 Å². The van der Waals surface area contributed by atoms with Gasteiger partial charge < -0.3 is 15.4 Å². The number of nitrogens with one attached hydrogen (secondary N) is 2. The number of methoxy groups -OCH3 is 1. The molecule has 2 heterocycles. The first-order chi connectivity index (χ1) is 14.1. The topological polar surface area (TPSA) is 53.6 Å². The number of anilines is 1.